The fourth-order valence-corrected chi connectivity index (χ4v) is 2.35. The zero-order chi connectivity index (χ0) is 13.1. The summed E-state index contributed by atoms with van der Waals surface area (Å²) in [4.78, 5) is 26.5. The normalized spacial score (nSPS) is 19.8. The van der Waals surface area contributed by atoms with Gasteiger partial charge in [0.1, 0.15) is 5.69 Å². The molecule has 0 saturated carbocycles. The zero-order valence-corrected chi connectivity index (χ0v) is 11.1. The fraction of sp³-hybridized carbons (Fsp3) is 0.500. The van der Waals surface area contributed by atoms with Crippen molar-refractivity contribution in [1.29, 1.82) is 0 Å². The van der Waals surface area contributed by atoms with Gasteiger partial charge < -0.3 is 14.6 Å². The molecule has 2 heterocycles. The number of ether oxygens (including phenoxy) is 1. The lowest BCUT2D eigenvalue weighted by molar-refractivity contribution is -0.384. The number of aromatic amines is 1. The highest BCUT2D eigenvalue weighted by atomic mass is 79.9. The molecule has 0 aromatic carbocycles. The van der Waals surface area contributed by atoms with Crippen LogP contribution in [0.2, 0.25) is 0 Å². The van der Waals surface area contributed by atoms with Crippen LogP contribution in [0.1, 0.15) is 10.5 Å². The van der Waals surface area contributed by atoms with Crippen LogP contribution in [0.15, 0.2) is 12.3 Å². The highest BCUT2D eigenvalue weighted by molar-refractivity contribution is 9.09. The summed E-state index contributed by atoms with van der Waals surface area (Å²) in [5.74, 6) is -0.240. The molecule has 1 fully saturated rings. The Labute approximate surface area is 111 Å². The first-order chi connectivity index (χ1) is 8.63. The minimum atomic E-state index is -0.533. The first-order valence-corrected chi connectivity index (χ1v) is 6.53. The number of amides is 1. The Morgan fingerprint density at radius 3 is 3.11 bits per heavy atom. The third-order valence-corrected chi connectivity index (χ3v) is 3.52. The number of rotatable bonds is 3. The molecule has 1 amide bonds. The van der Waals surface area contributed by atoms with Crippen molar-refractivity contribution in [2.45, 2.75) is 6.04 Å². The maximum atomic E-state index is 12.2. The van der Waals surface area contributed by atoms with Gasteiger partial charge >= 0.3 is 0 Å². The van der Waals surface area contributed by atoms with E-state index in [2.05, 4.69) is 20.9 Å². The second-order valence-corrected chi connectivity index (χ2v) is 4.56. The molecular formula is C10H12BrN3O4. The number of carbonyl (C=O) groups excluding carboxylic acids is 1. The molecule has 8 heteroatoms. The number of nitrogens with one attached hydrogen (secondary N) is 1. The Morgan fingerprint density at radius 2 is 2.50 bits per heavy atom. The van der Waals surface area contributed by atoms with Crippen molar-refractivity contribution < 1.29 is 14.5 Å². The highest BCUT2D eigenvalue weighted by Gasteiger charge is 2.28. The van der Waals surface area contributed by atoms with Crippen LogP contribution in [-0.2, 0) is 4.74 Å². The standard InChI is InChI=1S/C10H12BrN3O4/c11-4-8-6-18-2-1-13(8)10(15)9-3-7(5-12-9)14(16)17/h3,5,8,12H,1-2,4,6H2. The van der Waals surface area contributed by atoms with Gasteiger partial charge in [-0.1, -0.05) is 15.9 Å². The number of morpholine rings is 1. The first kappa shape index (κ1) is 13.0. The maximum Gasteiger partial charge on any atom is 0.287 e. The topological polar surface area (TPSA) is 88.5 Å². The molecule has 2 rings (SSSR count). The average Bonchev–Trinajstić information content (AvgIpc) is 2.87. The molecular weight excluding hydrogens is 306 g/mol. The largest absolute Gasteiger partial charge is 0.377 e. The SMILES string of the molecule is O=C(c1cc([N+](=O)[O-])c[nH]1)N1CCOCC1CBr. The van der Waals surface area contributed by atoms with Crippen molar-refractivity contribution in [3.63, 3.8) is 0 Å². The van der Waals surface area contributed by atoms with Crippen LogP contribution < -0.4 is 0 Å². The van der Waals surface area contributed by atoms with Gasteiger partial charge in [0.05, 0.1) is 30.4 Å². The van der Waals surface area contributed by atoms with Crippen molar-refractivity contribution in [3.05, 3.63) is 28.1 Å². The lowest BCUT2D eigenvalue weighted by Crippen LogP contribution is -2.49. The van der Waals surface area contributed by atoms with Gasteiger partial charge in [0, 0.05) is 17.9 Å². The number of carbonyl (C=O) groups is 1. The van der Waals surface area contributed by atoms with Gasteiger partial charge in [-0.25, -0.2) is 0 Å². The number of H-pyrrole nitrogens is 1. The molecule has 1 aromatic heterocycles. The van der Waals surface area contributed by atoms with Gasteiger partial charge in [-0.15, -0.1) is 0 Å². The number of nitrogens with zero attached hydrogens (tertiary/aromatic N) is 2. The highest BCUT2D eigenvalue weighted by Crippen LogP contribution is 2.17. The first-order valence-electron chi connectivity index (χ1n) is 5.41. The number of alkyl halides is 1. The Bertz CT molecular complexity index is 462. The number of halogens is 1. The summed E-state index contributed by atoms with van der Waals surface area (Å²) in [5, 5.41) is 11.2. The monoisotopic (exact) mass is 317 g/mol. The van der Waals surface area contributed by atoms with Crippen LogP contribution >= 0.6 is 15.9 Å². The summed E-state index contributed by atoms with van der Waals surface area (Å²) in [6.07, 6.45) is 1.22. The second kappa shape index (κ2) is 5.49. The molecule has 0 spiro atoms. The van der Waals surface area contributed by atoms with E-state index in [0.29, 0.717) is 25.1 Å². The second-order valence-electron chi connectivity index (χ2n) is 3.91. The van der Waals surface area contributed by atoms with Crippen LogP contribution in [-0.4, -0.2) is 51.8 Å². The van der Waals surface area contributed by atoms with Gasteiger partial charge in [-0.05, 0) is 0 Å². The van der Waals surface area contributed by atoms with Crippen molar-refractivity contribution >= 4 is 27.5 Å². The lowest BCUT2D eigenvalue weighted by atomic mass is 10.2. The molecule has 0 radical (unpaired) electrons. The molecule has 0 aliphatic carbocycles. The number of hydrogen-bond acceptors (Lipinski definition) is 4. The van der Waals surface area contributed by atoms with Crippen LogP contribution in [0.25, 0.3) is 0 Å². The minimum Gasteiger partial charge on any atom is -0.377 e. The molecule has 18 heavy (non-hydrogen) atoms. The average molecular weight is 318 g/mol. The lowest BCUT2D eigenvalue weighted by Gasteiger charge is -2.34. The molecule has 1 saturated heterocycles. The van der Waals surface area contributed by atoms with E-state index in [1.54, 1.807) is 4.90 Å². The van der Waals surface area contributed by atoms with Crippen molar-refractivity contribution in [2.75, 3.05) is 25.1 Å². The molecule has 1 aliphatic rings. The summed E-state index contributed by atoms with van der Waals surface area (Å²) < 4.78 is 5.29. The number of nitro groups is 1. The molecule has 1 atom stereocenters. The van der Waals surface area contributed by atoms with Gasteiger partial charge in [0.25, 0.3) is 11.6 Å². The smallest absolute Gasteiger partial charge is 0.287 e. The molecule has 7 nitrogen and oxygen atoms in total. The molecule has 0 bridgehead atoms. The predicted octanol–water partition coefficient (Wildman–Crippen LogP) is 1.16. The fourth-order valence-electron chi connectivity index (χ4n) is 1.82. The summed E-state index contributed by atoms with van der Waals surface area (Å²) in [6.45, 7) is 1.44. The predicted molar refractivity (Wildman–Crippen MR) is 66.9 cm³/mol. The molecule has 1 unspecified atom stereocenters. The number of hydrogen-bond donors (Lipinski definition) is 1. The maximum absolute atomic E-state index is 12.2. The molecule has 1 aliphatic heterocycles. The van der Waals surface area contributed by atoms with Crippen LogP contribution in [0.5, 0.6) is 0 Å². The van der Waals surface area contributed by atoms with E-state index in [4.69, 9.17) is 4.74 Å². The zero-order valence-electron chi connectivity index (χ0n) is 9.47. The summed E-state index contributed by atoms with van der Waals surface area (Å²) in [5.41, 5.74) is 0.122. The van der Waals surface area contributed by atoms with E-state index in [1.807, 2.05) is 0 Å². The van der Waals surface area contributed by atoms with Crippen LogP contribution in [0, 0.1) is 10.1 Å². The van der Waals surface area contributed by atoms with Gasteiger partial charge in [-0.3, -0.25) is 14.9 Å². The Kier molecular flexibility index (Phi) is 3.97. The Hall–Kier alpha value is -1.41. The van der Waals surface area contributed by atoms with Crippen molar-refractivity contribution in [1.82, 2.24) is 9.88 Å². The quantitative estimate of drug-likeness (QED) is 0.514. The Morgan fingerprint density at radius 1 is 1.72 bits per heavy atom. The van der Waals surface area contributed by atoms with Crippen molar-refractivity contribution in [2.24, 2.45) is 0 Å². The summed E-state index contributed by atoms with van der Waals surface area (Å²) in [7, 11) is 0. The van der Waals surface area contributed by atoms with E-state index < -0.39 is 4.92 Å². The van der Waals surface area contributed by atoms with E-state index in [0.717, 1.165) is 0 Å². The van der Waals surface area contributed by atoms with E-state index in [9.17, 15) is 14.9 Å². The minimum absolute atomic E-state index is 0.0476. The summed E-state index contributed by atoms with van der Waals surface area (Å²) in [6, 6.07) is 1.21. The molecule has 98 valence electrons. The third kappa shape index (κ3) is 2.54. The van der Waals surface area contributed by atoms with E-state index in [1.165, 1.54) is 12.3 Å². The third-order valence-electron chi connectivity index (χ3n) is 2.78. The van der Waals surface area contributed by atoms with Crippen LogP contribution in [0.3, 0.4) is 0 Å². The Balaban J connectivity index is 2.15. The van der Waals surface area contributed by atoms with E-state index >= 15 is 0 Å². The van der Waals surface area contributed by atoms with E-state index in [-0.39, 0.29) is 23.3 Å². The summed E-state index contributed by atoms with van der Waals surface area (Å²) >= 11 is 3.33. The van der Waals surface area contributed by atoms with Gasteiger partial charge in [-0.2, -0.15) is 0 Å². The molecule has 1 aromatic rings. The van der Waals surface area contributed by atoms with Gasteiger partial charge in [0.2, 0.25) is 0 Å². The number of aromatic nitrogens is 1. The van der Waals surface area contributed by atoms with Gasteiger partial charge in [0.15, 0.2) is 0 Å². The van der Waals surface area contributed by atoms with Crippen molar-refractivity contribution in [3.8, 4) is 0 Å². The molecule has 1 N–H and O–H groups in total. The van der Waals surface area contributed by atoms with Crippen LogP contribution in [0.4, 0.5) is 5.69 Å².